The Bertz CT molecular complexity index is 1250. The average Bonchev–Trinajstić information content (AvgIpc) is 3.46. The van der Waals surface area contributed by atoms with Gasteiger partial charge in [-0.2, -0.15) is 5.10 Å². The summed E-state index contributed by atoms with van der Waals surface area (Å²) in [4.78, 5) is 23.0. The zero-order valence-corrected chi connectivity index (χ0v) is 19.0. The average molecular weight is 488 g/mol. The number of hydrogen-bond donors (Lipinski definition) is 1. The number of anilines is 1. The number of nitrogens with one attached hydrogen (secondary N) is 1. The zero-order chi connectivity index (χ0) is 24.5. The fourth-order valence-corrected chi connectivity index (χ4v) is 5.51. The fraction of sp³-hybridized carbons (Fsp3) is 0.500. The molecule has 184 valence electrons. The lowest BCUT2D eigenvalue weighted by Gasteiger charge is -2.22. The van der Waals surface area contributed by atoms with Gasteiger partial charge >= 0.3 is 0 Å². The third kappa shape index (κ3) is 3.71. The predicted molar refractivity (Wildman–Crippen MR) is 120 cm³/mol. The fourth-order valence-electron chi connectivity index (χ4n) is 5.51. The van der Waals surface area contributed by atoms with E-state index < -0.39 is 29.9 Å². The number of fused-ring (bicyclic) bond motifs is 2. The molecule has 4 aliphatic rings. The quantitative estimate of drug-likeness (QED) is 0.631. The van der Waals surface area contributed by atoms with Gasteiger partial charge in [-0.15, -0.1) is 0 Å². The van der Waals surface area contributed by atoms with Crippen molar-refractivity contribution in [3.05, 3.63) is 52.5 Å². The molecule has 6 rings (SSSR count). The molecule has 35 heavy (non-hydrogen) atoms. The van der Waals surface area contributed by atoms with Crippen LogP contribution in [-0.2, 0) is 6.54 Å². The third-order valence-corrected chi connectivity index (χ3v) is 7.58. The lowest BCUT2D eigenvalue weighted by atomic mass is 10.1. The van der Waals surface area contributed by atoms with Gasteiger partial charge in [-0.1, -0.05) is 6.07 Å². The van der Waals surface area contributed by atoms with Crippen molar-refractivity contribution in [3.8, 4) is 0 Å². The first-order valence-corrected chi connectivity index (χ1v) is 11.7. The van der Waals surface area contributed by atoms with Crippen LogP contribution in [0.3, 0.4) is 0 Å². The van der Waals surface area contributed by atoms with Crippen molar-refractivity contribution in [2.45, 2.75) is 44.7 Å². The van der Waals surface area contributed by atoms with E-state index in [1.807, 2.05) is 0 Å². The maximum atomic E-state index is 13.8. The molecule has 1 saturated heterocycles. The summed E-state index contributed by atoms with van der Waals surface area (Å²) in [5, 5.41) is 7.16. The number of rotatable bonds is 6. The second-order valence-corrected chi connectivity index (χ2v) is 9.76. The van der Waals surface area contributed by atoms with Crippen LogP contribution in [-0.4, -0.2) is 58.0 Å². The number of pyridine rings is 1. The van der Waals surface area contributed by atoms with Gasteiger partial charge in [0.05, 0.1) is 48.4 Å². The lowest BCUT2D eigenvalue weighted by Crippen LogP contribution is -2.37. The Hall–Kier alpha value is -3.24. The van der Waals surface area contributed by atoms with Gasteiger partial charge < -0.3 is 10.2 Å². The molecule has 1 N–H and O–H groups in total. The van der Waals surface area contributed by atoms with Crippen LogP contribution >= 0.6 is 0 Å². The standard InChI is InChI=1S/C24H24F4N6O/c1-12-6-29-21-15(12)3-4-18(21)31-23(35)14-7-30-34(9-14)8-13-2-5-19(32-20(13)22(25)26)33-10-16-17(11-33)24(16,27)28/h2,5,7,9,16-18,22H,3-4,6,8,10-11H2,1H3,(H,31,35)/t16?,17?,18-/m1/s1. The maximum Gasteiger partial charge on any atom is 0.280 e. The van der Waals surface area contributed by atoms with Crippen molar-refractivity contribution >= 4 is 17.4 Å². The van der Waals surface area contributed by atoms with Crippen LogP contribution in [0.5, 0.6) is 0 Å². The minimum Gasteiger partial charge on any atom is -0.356 e. The molecule has 2 aromatic rings. The summed E-state index contributed by atoms with van der Waals surface area (Å²) < 4.78 is 56.0. The van der Waals surface area contributed by atoms with Crippen LogP contribution in [0.1, 0.15) is 47.8 Å². The summed E-state index contributed by atoms with van der Waals surface area (Å²) in [6.45, 7) is 2.98. The van der Waals surface area contributed by atoms with Crippen molar-refractivity contribution in [3.63, 3.8) is 0 Å². The number of carbonyl (C=O) groups is 1. The van der Waals surface area contributed by atoms with Crippen LogP contribution in [0.4, 0.5) is 23.4 Å². The molecular formula is C24H24F4N6O. The molecule has 0 spiro atoms. The highest BCUT2D eigenvalue weighted by molar-refractivity contribution is 6.10. The van der Waals surface area contributed by atoms with E-state index in [0.29, 0.717) is 12.1 Å². The molecule has 2 aliphatic heterocycles. The summed E-state index contributed by atoms with van der Waals surface area (Å²) in [6, 6.07) is 2.98. The third-order valence-electron chi connectivity index (χ3n) is 7.58. The van der Waals surface area contributed by atoms with E-state index in [9.17, 15) is 22.4 Å². The molecule has 4 heterocycles. The Morgan fingerprint density at radius 1 is 1.26 bits per heavy atom. The van der Waals surface area contributed by atoms with Crippen LogP contribution in [0.2, 0.25) is 0 Å². The van der Waals surface area contributed by atoms with E-state index in [1.165, 1.54) is 34.3 Å². The first-order chi connectivity index (χ1) is 16.7. The van der Waals surface area contributed by atoms with Crippen LogP contribution in [0, 0.1) is 11.8 Å². The van der Waals surface area contributed by atoms with Gasteiger partial charge in [-0.3, -0.25) is 14.5 Å². The molecule has 2 aliphatic carbocycles. The normalized spacial score (nSPS) is 26.3. The molecule has 11 heteroatoms. The van der Waals surface area contributed by atoms with E-state index in [-0.39, 0.29) is 43.0 Å². The van der Waals surface area contributed by atoms with Crippen LogP contribution < -0.4 is 10.2 Å². The van der Waals surface area contributed by atoms with Crippen molar-refractivity contribution in [2.75, 3.05) is 24.5 Å². The number of piperidine rings is 1. The first kappa shape index (κ1) is 22.2. The van der Waals surface area contributed by atoms with Crippen molar-refractivity contribution in [1.29, 1.82) is 0 Å². The SMILES string of the molecule is CC1=C2CC[C@@H](NC(=O)c3cnn(Cc4ccc(N5CC6C(C5)C6(F)F)nc4C(F)F)c3)C2=NC1. The van der Waals surface area contributed by atoms with E-state index in [1.54, 1.807) is 11.0 Å². The number of hydrogen-bond acceptors (Lipinski definition) is 5. The Kier molecular flexibility index (Phi) is 5.01. The largest absolute Gasteiger partial charge is 0.356 e. The number of aromatic nitrogens is 3. The van der Waals surface area contributed by atoms with E-state index >= 15 is 0 Å². The second-order valence-electron chi connectivity index (χ2n) is 9.76. The van der Waals surface area contributed by atoms with Gasteiger partial charge in [-0.25, -0.2) is 22.5 Å². The molecule has 3 atom stereocenters. The summed E-state index contributed by atoms with van der Waals surface area (Å²) >= 11 is 0. The van der Waals surface area contributed by atoms with Gasteiger partial charge in [0.25, 0.3) is 18.3 Å². The monoisotopic (exact) mass is 488 g/mol. The predicted octanol–water partition coefficient (Wildman–Crippen LogP) is 3.63. The molecule has 2 unspecified atom stereocenters. The molecular weight excluding hydrogens is 464 g/mol. The van der Waals surface area contributed by atoms with Crippen LogP contribution in [0.25, 0.3) is 0 Å². The minimum atomic E-state index is -2.83. The molecule has 2 saturated carbocycles. The van der Waals surface area contributed by atoms with Crippen molar-refractivity contribution in [2.24, 2.45) is 16.8 Å². The van der Waals surface area contributed by atoms with Crippen LogP contribution in [0.15, 0.2) is 40.7 Å². The lowest BCUT2D eigenvalue weighted by molar-refractivity contribution is 0.0796. The second kappa shape index (κ2) is 7.89. The molecule has 3 fully saturated rings. The maximum absolute atomic E-state index is 13.8. The van der Waals surface area contributed by atoms with Gasteiger partial charge in [0.2, 0.25) is 0 Å². The van der Waals surface area contributed by atoms with Gasteiger partial charge in [0.15, 0.2) is 0 Å². The molecule has 0 radical (unpaired) electrons. The number of alkyl halides is 4. The highest BCUT2D eigenvalue weighted by atomic mass is 19.3. The number of nitrogens with zero attached hydrogens (tertiary/aromatic N) is 5. The highest BCUT2D eigenvalue weighted by Gasteiger charge is 2.71. The Balaban J connectivity index is 1.14. The number of halogens is 4. The molecule has 0 bridgehead atoms. The number of amides is 1. The highest BCUT2D eigenvalue weighted by Crippen LogP contribution is 2.59. The van der Waals surface area contributed by atoms with E-state index in [2.05, 4.69) is 27.3 Å². The Labute approximate surface area is 198 Å². The Morgan fingerprint density at radius 3 is 2.77 bits per heavy atom. The Morgan fingerprint density at radius 2 is 2.03 bits per heavy atom. The summed E-state index contributed by atoms with van der Waals surface area (Å²) in [6.07, 6.45) is 1.79. The molecule has 7 nitrogen and oxygen atoms in total. The van der Waals surface area contributed by atoms with Crippen molar-refractivity contribution < 1.29 is 22.4 Å². The number of aliphatic imine (C=N–C) groups is 1. The van der Waals surface area contributed by atoms with E-state index in [0.717, 1.165) is 18.6 Å². The van der Waals surface area contributed by atoms with Crippen molar-refractivity contribution in [1.82, 2.24) is 20.1 Å². The number of carbonyl (C=O) groups excluding carboxylic acids is 1. The zero-order valence-electron chi connectivity index (χ0n) is 19.0. The molecule has 0 aromatic carbocycles. The summed E-state index contributed by atoms with van der Waals surface area (Å²) in [5.41, 5.74) is 3.62. The minimum absolute atomic E-state index is 0.00573. The first-order valence-electron chi connectivity index (χ1n) is 11.7. The van der Waals surface area contributed by atoms with E-state index in [4.69, 9.17) is 0 Å². The topological polar surface area (TPSA) is 75.4 Å². The van der Waals surface area contributed by atoms with Gasteiger partial charge in [0.1, 0.15) is 11.5 Å². The molecule has 1 amide bonds. The van der Waals surface area contributed by atoms with Gasteiger partial charge in [0, 0.05) is 24.8 Å². The summed E-state index contributed by atoms with van der Waals surface area (Å²) in [7, 11) is 0. The molecule has 2 aromatic heterocycles. The summed E-state index contributed by atoms with van der Waals surface area (Å²) in [5.74, 6) is -4.09. The van der Waals surface area contributed by atoms with Gasteiger partial charge in [-0.05, 0) is 37.0 Å². The smallest absolute Gasteiger partial charge is 0.280 e.